The molecule has 0 atom stereocenters. The number of halogens is 1. The van der Waals surface area contributed by atoms with Gasteiger partial charge in [-0.1, -0.05) is 18.2 Å². The summed E-state index contributed by atoms with van der Waals surface area (Å²) < 4.78 is 1.25. The van der Waals surface area contributed by atoms with Crippen molar-refractivity contribution in [1.82, 2.24) is 10.2 Å². The van der Waals surface area contributed by atoms with E-state index in [-0.39, 0.29) is 6.03 Å². The molecule has 0 radical (unpaired) electrons. The highest BCUT2D eigenvalue weighted by molar-refractivity contribution is 14.1. The monoisotopic (exact) mass is 346 g/mol. The Balaban J connectivity index is 2.38. The van der Waals surface area contributed by atoms with Gasteiger partial charge in [0.1, 0.15) is 0 Å². The van der Waals surface area contributed by atoms with Crippen LogP contribution in [-0.4, -0.2) is 30.6 Å². The van der Waals surface area contributed by atoms with Crippen LogP contribution in [0.4, 0.5) is 4.79 Å². The van der Waals surface area contributed by atoms with Crippen LogP contribution in [0.1, 0.15) is 19.4 Å². The van der Waals surface area contributed by atoms with Crippen molar-refractivity contribution < 1.29 is 4.79 Å². The van der Waals surface area contributed by atoms with Crippen molar-refractivity contribution in [2.45, 2.75) is 20.3 Å². The van der Waals surface area contributed by atoms with Crippen molar-refractivity contribution in [2.75, 3.05) is 19.6 Å². The second-order valence-corrected chi connectivity index (χ2v) is 4.91. The zero-order valence-electron chi connectivity index (χ0n) is 10.4. The Morgan fingerprint density at radius 3 is 2.53 bits per heavy atom. The molecule has 3 nitrogen and oxygen atoms in total. The van der Waals surface area contributed by atoms with E-state index in [0.717, 1.165) is 19.5 Å². The number of carbonyl (C=O) groups excluding carboxylic acids is 1. The van der Waals surface area contributed by atoms with Gasteiger partial charge in [0.2, 0.25) is 0 Å². The SMILES string of the molecule is CCN(CC)C(=O)NCCc1ccccc1I. The van der Waals surface area contributed by atoms with Crippen LogP contribution in [0.2, 0.25) is 0 Å². The Hall–Kier alpha value is -0.780. The smallest absolute Gasteiger partial charge is 0.317 e. The lowest BCUT2D eigenvalue weighted by molar-refractivity contribution is 0.203. The van der Waals surface area contributed by atoms with Crippen LogP contribution in [0.5, 0.6) is 0 Å². The van der Waals surface area contributed by atoms with Gasteiger partial charge in [-0.3, -0.25) is 0 Å². The Morgan fingerprint density at radius 1 is 1.29 bits per heavy atom. The van der Waals surface area contributed by atoms with Crippen molar-refractivity contribution in [3.05, 3.63) is 33.4 Å². The maximum Gasteiger partial charge on any atom is 0.317 e. The molecule has 1 aromatic carbocycles. The fraction of sp³-hybridized carbons (Fsp3) is 0.462. The summed E-state index contributed by atoms with van der Waals surface area (Å²) >= 11 is 2.32. The maximum atomic E-state index is 11.7. The lowest BCUT2D eigenvalue weighted by atomic mass is 10.1. The molecule has 0 spiro atoms. The molecule has 0 aromatic heterocycles. The first-order valence-corrected chi connectivity index (χ1v) is 7.03. The van der Waals surface area contributed by atoms with Gasteiger partial charge in [-0.15, -0.1) is 0 Å². The predicted molar refractivity (Wildman–Crippen MR) is 79.2 cm³/mol. The van der Waals surface area contributed by atoms with E-state index in [1.165, 1.54) is 9.13 Å². The number of urea groups is 1. The average molecular weight is 346 g/mol. The molecule has 2 amide bonds. The number of rotatable bonds is 5. The van der Waals surface area contributed by atoms with E-state index in [0.29, 0.717) is 6.54 Å². The van der Waals surface area contributed by atoms with Crippen LogP contribution < -0.4 is 5.32 Å². The van der Waals surface area contributed by atoms with Crippen LogP contribution in [0.25, 0.3) is 0 Å². The highest BCUT2D eigenvalue weighted by atomic mass is 127. The molecule has 0 bridgehead atoms. The van der Waals surface area contributed by atoms with Gasteiger partial charge in [0.05, 0.1) is 0 Å². The first kappa shape index (κ1) is 14.3. The first-order chi connectivity index (χ1) is 8.19. The lowest BCUT2D eigenvalue weighted by Gasteiger charge is -2.19. The van der Waals surface area contributed by atoms with Crippen LogP contribution >= 0.6 is 22.6 Å². The van der Waals surface area contributed by atoms with Crippen molar-refractivity contribution in [3.8, 4) is 0 Å². The lowest BCUT2D eigenvalue weighted by Crippen LogP contribution is -2.40. The molecular formula is C13H19IN2O. The van der Waals surface area contributed by atoms with E-state index < -0.39 is 0 Å². The van der Waals surface area contributed by atoms with Crippen molar-refractivity contribution in [2.24, 2.45) is 0 Å². The molecule has 1 rings (SSSR count). The Labute approximate surface area is 117 Å². The molecule has 4 heteroatoms. The molecule has 1 N–H and O–H groups in total. The largest absolute Gasteiger partial charge is 0.338 e. The first-order valence-electron chi connectivity index (χ1n) is 5.95. The standard InChI is InChI=1S/C13H19IN2O/c1-3-16(4-2)13(17)15-10-9-11-7-5-6-8-12(11)14/h5-8H,3-4,9-10H2,1-2H3,(H,15,17). The third kappa shape index (κ3) is 4.53. The number of carbonyl (C=O) groups is 1. The van der Waals surface area contributed by atoms with Gasteiger partial charge in [0, 0.05) is 23.2 Å². The average Bonchev–Trinajstić information content (AvgIpc) is 2.33. The minimum absolute atomic E-state index is 0.0286. The van der Waals surface area contributed by atoms with Crippen molar-refractivity contribution in [3.63, 3.8) is 0 Å². The summed E-state index contributed by atoms with van der Waals surface area (Å²) in [7, 11) is 0. The third-order valence-electron chi connectivity index (χ3n) is 2.68. The van der Waals surface area contributed by atoms with Crippen molar-refractivity contribution in [1.29, 1.82) is 0 Å². The Morgan fingerprint density at radius 2 is 1.94 bits per heavy atom. The molecule has 0 aliphatic carbocycles. The van der Waals surface area contributed by atoms with E-state index in [1.807, 2.05) is 26.0 Å². The summed E-state index contributed by atoms with van der Waals surface area (Å²) in [5.74, 6) is 0. The Kier molecular flexibility index (Phi) is 6.32. The van der Waals surface area contributed by atoms with Gasteiger partial charge in [0.15, 0.2) is 0 Å². The summed E-state index contributed by atoms with van der Waals surface area (Å²) in [6, 6.07) is 8.28. The second-order valence-electron chi connectivity index (χ2n) is 3.75. The minimum atomic E-state index is 0.0286. The van der Waals surface area contributed by atoms with E-state index in [2.05, 4.69) is 40.0 Å². The van der Waals surface area contributed by atoms with Gasteiger partial charge in [-0.2, -0.15) is 0 Å². The third-order valence-corrected chi connectivity index (χ3v) is 3.73. The van der Waals surface area contributed by atoms with E-state index in [9.17, 15) is 4.79 Å². The van der Waals surface area contributed by atoms with Crippen LogP contribution in [0.15, 0.2) is 24.3 Å². The molecule has 0 aliphatic rings. The summed E-state index contributed by atoms with van der Waals surface area (Å²) in [5, 5.41) is 2.94. The molecule has 0 heterocycles. The summed E-state index contributed by atoms with van der Waals surface area (Å²) in [5.41, 5.74) is 1.29. The zero-order chi connectivity index (χ0) is 12.7. The van der Waals surface area contributed by atoms with Crippen LogP contribution in [0, 0.1) is 3.57 Å². The van der Waals surface area contributed by atoms with E-state index >= 15 is 0 Å². The molecule has 0 fully saturated rings. The summed E-state index contributed by atoms with van der Waals surface area (Å²) in [6.07, 6.45) is 0.881. The molecule has 17 heavy (non-hydrogen) atoms. The topological polar surface area (TPSA) is 32.3 Å². The number of hydrogen-bond donors (Lipinski definition) is 1. The fourth-order valence-corrected chi connectivity index (χ4v) is 2.28. The van der Waals surface area contributed by atoms with Gasteiger partial charge in [0.25, 0.3) is 0 Å². The molecule has 94 valence electrons. The van der Waals surface area contributed by atoms with Gasteiger partial charge in [-0.25, -0.2) is 4.79 Å². The number of hydrogen-bond acceptors (Lipinski definition) is 1. The van der Waals surface area contributed by atoms with Crippen LogP contribution in [0.3, 0.4) is 0 Å². The number of benzene rings is 1. The minimum Gasteiger partial charge on any atom is -0.338 e. The summed E-state index contributed by atoms with van der Waals surface area (Å²) in [4.78, 5) is 13.5. The van der Waals surface area contributed by atoms with E-state index in [1.54, 1.807) is 4.90 Å². The van der Waals surface area contributed by atoms with Gasteiger partial charge >= 0.3 is 6.03 Å². The van der Waals surface area contributed by atoms with Crippen LogP contribution in [-0.2, 0) is 6.42 Å². The molecule has 0 saturated heterocycles. The molecule has 0 saturated carbocycles. The maximum absolute atomic E-state index is 11.7. The number of nitrogens with zero attached hydrogens (tertiary/aromatic N) is 1. The van der Waals surface area contributed by atoms with Gasteiger partial charge < -0.3 is 10.2 Å². The molecule has 0 unspecified atom stereocenters. The molecule has 1 aromatic rings. The van der Waals surface area contributed by atoms with Gasteiger partial charge in [-0.05, 0) is 54.5 Å². The molecular weight excluding hydrogens is 327 g/mol. The second kappa shape index (κ2) is 7.53. The van der Waals surface area contributed by atoms with E-state index in [4.69, 9.17) is 0 Å². The van der Waals surface area contributed by atoms with Crippen molar-refractivity contribution >= 4 is 28.6 Å². The normalized spacial score (nSPS) is 10.1. The summed E-state index contributed by atoms with van der Waals surface area (Å²) in [6.45, 7) is 6.18. The molecule has 0 aliphatic heterocycles. The highest BCUT2D eigenvalue weighted by Crippen LogP contribution is 2.11. The predicted octanol–water partition coefficient (Wildman–Crippen LogP) is 2.89. The fourth-order valence-electron chi connectivity index (χ4n) is 1.63. The highest BCUT2D eigenvalue weighted by Gasteiger charge is 2.07. The number of amides is 2. The Bertz CT molecular complexity index is 364. The zero-order valence-corrected chi connectivity index (χ0v) is 12.5. The quantitative estimate of drug-likeness (QED) is 0.817. The number of nitrogens with one attached hydrogen (secondary N) is 1.